The minimum absolute atomic E-state index is 0.0527. The molecule has 1 fully saturated rings. The summed E-state index contributed by atoms with van der Waals surface area (Å²) in [6.45, 7) is 7.85. The van der Waals surface area contributed by atoms with Crippen LogP contribution in [0.2, 0.25) is 0 Å². The van der Waals surface area contributed by atoms with Crippen molar-refractivity contribution in [3.63, 3.8) is 0 Å². The quantitative estimate of drug-likeness (QED) is 0.416. The molecule has 0 aromatic heterocycles. The second-order valence-electron chi connectivity index (χ2n) is 6.67. The number of amides is 1. The predicted octanol–water partition coefficient (Wildman–Crippen LogP) is 3.50. The number of nitro benzene ring substituents is 1. The summed E-state index contributed by atoms with van der Waals surface area (Å²) in [5.74, 6) is -0.994. The van der Waals surface area contributed by atoms with Crippen LogP contribution in [0.25, 0.3) is 0 Å². The molecule has 2 atom stereocenters. The molecule has 28 heavy (non-hydrogen) atoms. The van der Waals surface area contributed by atoms with Crippen molar-refractivity contribution in [3.8, 4) is 0 Å². The van der Waals surface area contributed by atoms with Crippen LogP contribution in [-0.2, 0) is 4.79 Å². The average Bonchev–Trinajstić information content (AvgIpc) is 2.64. The van der Waals surface area contributed by atoms with E-state index in [-0.39, 0.29) is 11.6 Å². The van der Waals surface area contributed by atoms with Crippen molar-refractivity contribution in [2.24, 2.45) is 5.92 Å². The molecule has 144 valence electrons. The van der Waals surface area contributed by atoms with E-state index in [4.69, 9.17) is 12.2 Å². The Morgan fingerprint density at radius 1 is 1.25 bits per heavy atom. The van der Waals surface area contributed by atoms with Crippen molar-refractivity contribution >= 4 is 34.6 Å². The SMILES string of the molecule is C=C1NC(=S)N[C@@H](c2cccc([N+](=O)[O-])c2)[C@H]1C(=O)Nc1cccc(C)c1C. The van der Waals surface area contributed by atoms with Crippen LogP contribution in [0.5, 0.6) is 0 Å². The lowest BCUT2D eigenvalue weighted by Gasteiger charge is -2.35. The van der Waals surface area contributed by atoms with Gasteiger partial charge in [-0.2, -0.15) is 0 Å². The third kappa shape index (κ3) is 3.86. The summed E-state index contributed by atoms with van der Waals surface area (Å²) in [6.07, 6.45) is 0. The van der Waals surface area contributed by atoms with Crippen molar-refractivity contribution in [2.75, 3.05) is 5.32 Å². The molecule has 3 N–H and O–H groups in total. The number of benzene rings is 2. The Morgan fingerprint density at radius 3 is 2.68 bits per heavy atom. The first-order valence-corrected chi connectivity index (χ1v) is 9.06. The zero-order valence-corrected chi connectivity index (χ0v) is 16.3. The van der Waals surface area contributed by atoms with Gasteiger partial charge in [0.1, 0.15) is 5.92 Å². The Labute approximate surface area is 168 Å². The van der Waals surface area contributed by atoms with Crippen molar-refractivity contribution < 1.29 is 9.72 Å². The third-order valence-corrected chi connectivity index (χ3v) is 5.07. The number of non-ortho nitro benzene ring substituents is 1. The smallest absolute Gasteiger partial charge is 0.269 e. The highest BCUT2D eigenvalue weighted by atomic mass is 32.1. The van der Waals surface area contributed by atoms with Gasteiger partial charge in [-0.05, 0) is 48.8 Å². The van der Waals surface area contributed by atoms with E-state index >= 15 is 0 Å². The molecule has 1 heterocycles. The monoisotopic (exact) mass is 396 g/mol. The van der Waals surface area contributed by atoms with E-state index in [1.165, 1.54) is 12.1 Å². The lowest BCUT2D eigenvalue weighted by molar-refractivity contribution is -0.384. The zero-order chi connectivity index (χ0) is 20.4. The van der Waals surface area contributed by atoms with E-state index in [1.807, 2.05) is 32.0 Å². The summed E-state index contributed by atoms with van der Waals surface area (Å²) in [4.78, 5) is 23.8. The van der Waals surface area contributed by atoms with Gasteiger partial charge in [0.05, 0.1) is 11.0 Å². The fourth-order valence-electron chi connectivity index (χ4n) is 3.20. The maximum atomic E-state index is 13.1. The molecule has 2 aromatic rings. The number of rotatable bonds is 4. The highest BCUT2D eigenvalue weighted by Crippen LogP contribution is 2.32. The van der Waals surface area contributed by atoms with Crippen molar-refractivity contribution in [3.05, 3.63) is 81.5 Å². The summed E-state index contributed by atoms with van der Waals surface area (Å²) in [5, 5.41) is 20.3. The number of nitrogens with one attached hydrogen (secondary N) is 3. The molecule has 1 amide bonds. The van der Waals surface area contributed by atoms with Gasteiger partial charge in [0.15, 0.2) is 5.11 Å². The van der Waals surface area contributed by atoms with Crippen LogP contribution >= 0.6 is 12.2 Å². The first kappa shape index (κ1) is 19.5. The Balaban J connectivity index is 1.95. The topological polar surface area (TPSA) is 96.3 Å². The maximum Gasteiger partial charge on any atom is 0.269 e. The van der Waals surface area contributed by atoms with Crippen LogP contribution in [0.3, 0.4) is 0 Å². The first-order chi connectivity index (χ1) is 13.3. The van der Waals surface area contributed by atoms with Gasteiger partial charge in [-0.25, -0.2) is 0 Å². The zero-order valence-electron chi connectivity index (χ0n) is 15.5. The minimum atomic E-state index is -0.714. The molecular formula is C20H20N4O3S. The lowest BCUT2D eigenvalue weighted by Crippen LogP contribution is -2.51. The molecule has 7 nitrogen and oxygen atoms in total. The van der Waals surface area contributed by atoms with Gasteiger partial charge in [0, 0.05) is 23.5 Å². The number of nitro groups is 1. The average molecular weight is 396 g/mol. The van der Waals surface area contributed by atoms with E-state index in [1.54, 1.807) is 12.1 Å². The summed E-state index contributed by atoms with van der Waals surface area (Å²) < 4.78 is 0. The minimum Gasteiger partial charge on any atom is -0.354 e. The Hall–Kier alpha value is -3.26. The molecule has 0 bridgehead atoms. The Bertz CT molecular complexity index is 989. The largest absolute Gasteiger partial charge is 0.354 e. The Kier molecular flexibility index (Phi) is 5.41. The van der Waals surface area contributed by atoms with Crippen LogP contribution < -0.4 is 16.0 Å². The van der Waals surface area contributed by atoms with Gasteiger partial charge in [-0.15, -0.1) is 0 Å². The van der Waals surface area contributed by atoms with Crippen molar-refractivity contribution in [1.29, 1.82) is 0 Å². The van der Waals surface area contributed by atoms with Gasteiger partial charge in [-0.1, -0.05) is 30.8 Å². The van der Waals surface area contributed by atoms with Crippen molar-refractivity contribution in [2.45, 2.75) is 19.9 Å². The van der Waals surface area contributed by atoms with Gasteiger partial charge in [-0.3, -0.25) is 14.9 Å². The van der Waals surface area contributed by atoms with E-state index in [0.717, 1.165) is 11.1 Å². The number of hydrogen-bond donors (Lipinski definition) is 3. The van der Waals surface area contributed by atoms with Crippen LogP contribution in [0.4, 0.5) is 11.4 Å². The maximum absolute atomic E-state index is 13.1. The molecule has 0 unspecified atom stereocenters. The summed E-state index contributed by atoms with van der Waals surface area (Å²) in [5.41, 5.74) is 3.71. The fraction of sp³-hybridized carbons (Fsp3) is 0.200. The molecule has 3 rings (SSSR count). The number of anilines is 1. The van der Waals surface area contributed by atoms with Gasteiger partial charge >= 0.3 is 0 Å². The molecule has 8 heteroatoms. The summed E-state index contributed by atoms with van der Waals surface area (Å²) in [7, 11) is 0. The molecule has 0 aliphatic carbocycles. The predicted molar refractivity (Wildman–Crippen MR) is 112 cm³/mol. The second-order valence-corrected chi connectivity index (χ2v) is 7.08. The van der Waals surface area contributed by atoms with E-state index in [9.17, 15) is 14.9 Å². The first-order valence-electron chi connectivity index (χ1n) is 8.65. The molecule has 1 aliphatic rings. The molecule has 1 aliphatic heterocycles. The molecule has 0 spiro atoms. The lowest BCUT2D eigenvalue weighted by atomic mass is 9.88. The van der Waals surface area contributed by atoms with E-state index in [0.29, 0.717) is 22.1 Å². The normalized spacial score (nSPS) is 18.8. The molecule has 0 radical (unpaired) electrons. The Morgan fingerprint density at radius 2 is 1.96 bits per heavy atom. The van der Waals surface area contributed by atoms with E-state index in [2.05, 4.69) is 22.5 Å². The number of aryl methyl sites for hydroxylation is 1. The van der Waals surface area contributed by atoms with Crippen LogP contribution in [0.1, 0.15) is 22.7 Å². The third-order valence-electron chi connectivity index (χ3n) is 4.85. The highest BCUT2D eigenvalue weighted by molar-refractivity contribution is 7.80. The highest BCUT2D eigenvalue weighted by Gasteiger charge is 2.37. The standard InChI is InChI=1S/C20H20N4O3S/c1-11-6-4-9-16(12(11)2)22-19(25)17-13(3)21-20(28)23-18(17)14-7-5-8-15(10-14)24(26)27/h4-10,17-18H,3H2,1-2H3,(H,22,25)(H2,21,23,28)/t17-,18-/m0/s1. The summed E-state index contributed by atoms with van der Waals surface area (Å²) in [6, 6.07) is 11.3. The molecular weight excluding hydrogens is 376 g/mol. The van der Waals surface area contributed by atoms with Crippen LogP contribution in [0, 0.1) is 29.9 Å². The van der Waals surface area contributed by atoms with E-state index < -0.39 is 16.9 Å². The van der Waals surface area contributed by atoms with Gasteiger partial charge in [0.25, 0.3) is 5.69 Å². The number of carbonyl (C=O) groups is 1. The van der Waals surface area contributed by atoms with Crippen LogP contribution in [-0.4, -0.2) is 15.9 Å². The van der Waals surface area contributed by atoms with Gasteiger partial charge < -0.3 is 16.0 Å². The molecule has 2 aromatic carbocycles. The summed E-state index contributed by atoms with van der Waals surface area (Å²) >= 11 is 5.20. The number of carbonyl (C=O) groups excluding carboxylic acids is 1. The number of nitrogens with zero attached hydrogens (tertiary/aromatic N) is 1. The molecule has 1 saturated heterocycles. The number of hydrogen-bond acceptors (Lipinski definition) is 4. The van der Waals surface area contributed by atoms with Crippen molar-refractivity contribution in [1.82, 2.24) is 10.6 Å². The number of thiocarbonyl (C=S) groups is 1. The van der Waals surface area contributed by atoms with Crippen LogP contribution in [0.15, 0.2) is 54.7 Å². The fourth-order valence-corrected chi connectivity index (χ4v) is 3.46. The molecule has 0 saturated carbocycles. The van der Waals surface area contributed by atoms with Gasteiger partial charge in [0.2, 0.25) is 5.91 Å². The second kappa shape index (κ2) is 7.77.